The molecule has 3 unspecified atom stereocenters. The highest BCUT2D eigenvalue weighted by Crippen LogP contribution is 2.51. The van der Waals surface area contributed by atoms with E-state index in [0.29, 0.717) is 5.32 Å². The van der Waals surface area contributed by atoms with E-state index in [2.05, 4.69) is 9.47 Å². The zero-order valence-corrected chi connectivity index (χ0v) is 16.6. The number of esters is 2. The van der Waals surface area contributed by atoms with Crippen LogP contribution in [0.5, 0.6) is 0 Å². The summed E-state index contributed by atoms with van der Waals surface area (Å²) in [6.45, 7) is 4.29. The maximum atomic E-state index is 13.8. The Bertz CT molecular complexity index is 704. The SMILES string of the molecule is CCOC(=O)C1=C(CC(C)C)C(C(=O)OCC)C(O)(C(F)(F)F)NC1(O)C(F)(F)F. The van der Waals surface area contributed by atoms with E-state index in [1.165, 1.54) is 27.7 Å². The molecule has 0 bridgehead atoms. The average molecular weight is 451 g/mol. The van der Waals surface area contributed by atoms with Crippen LogP contribution in [0, 0.1) is 11.8 Å². The summed E-state index contributed by atoms with van der Waals surface area (Å²) in [7, 11) is 0. The summed E-state index contributed by atoms with van der Waals surface area (Å²) >= 11 is 0. The third-order valence-electron chi connectivity index (χ3n) is 4.29. The first kappa shape index (κ1) is 26.2. The van der Waals surface area contributed by atoms with Crippen molar-refractivity contribution in [2.75, 3.05) is 13.2 Å². The molecule has 1 heterocycles. The summed E-state index contributed by atoms with van der Waals surface area (Å²) in [5, 5.41) is 21.2. The number of carbonyl (C=O) groups is 2. The lowest BCUT2D eigenvalue weighted by Gasteiger charge is -2.49. The molecule has 0 spiro atoms. The normalized spacial score (nSPS) is 28.0. The van der Waals surface area contributed by atoms with Gasteiger partial charge in [0, 0.05) is 0 Å². The molecule has 0 saturated heterocycles. The van der Waals surface area contributed by atoms with Crippen molar-refractivity contribution in [1.29, 1.82) is 0 Å². The van der Waals surface area contributed by atoms with Crippen LogP contribution in [0.15, 0.2) is 11.1 Å². The zero-order valence-electron chi connectivity index (χ0n) is 16.6. The van der Waals surface area contributed by atoms with Crippen LogP contribution in [0.4, 0.5) is 26.3 Å². The fourth-order valence-electron chi connectivity index (χ4n) is 3.17. The molecule has 13 heteroatoms. The summed E-state index contributed by atoms with van der Waals surface area (Å²) in [4.78, 5) is 24.7. The Balaban J connectivity index is 4.09. The Hall–Kier alpha value is -1.86. The summed E-state index contributed by atoms with van der Waals surface area (Å²) in [6, 6.07) is 0. The molecule has 0 aromatic carbocycles. The van der Waals surface area contributed by atoms with Crippen molar-refractivity contribution in [1.82, 2.24) is 5.32 Å². The van der Waals surface area contributed by atoms with Gasteiger partial charge in [-0.05, 0) is 31.8 Å². The van der Waals surface area contributed by atoms with Crippen molar-refractivity contribution < 1.29 is 55.6 Å². The number of carbonyl (C=O) groups excluding carboxylic acids is 2. The maximum absolute atomic E-state index is 13.8. The minimum atomic E-state index is -5.91. The molecule has 0 aliphatic carbocycles. The van der Waals surface area contributed by atoms with Gasteiger partial charge in [-0.25, -0.2) is 10.1 Å². The van der Waals surface area contributed by atoms with Gasteiger partial charge in [-0.15, -0.1) is 0 Å². The first-order valence-corrected chi connectivity index (χ1v) is 8.92. The molecule has 3 N–H and O–H groups in total. The van der Waals surface area contributed by atoms with Gasteiger partial charge in [-0.2, -0.15) is 26.3 Å². The number of rotatable bonds is 6. The molecule has 0 radical (unpaired) electrons. The van der Waals surface area contributed by atoms with E-state index >= 15 is 0 Å². The van der Waals surface area contributed by atoms with Gasteiger partial charge in [-0.1, -0.05) is 13.8 Å². The van der Waals surface area contributed by atoms with Crippen molar-refractivity contribution >= 4 is 11.9 Å². The van der Waals surface area contributed by atoms with Crippen LogP contribution in [-0.4, -0.2) is 59.2 Å². The summed E-state index contributed by atoms with van der Waals surface area (Å²) in [5.41, 5.74) is -12.0. The molecular formula is C17H23F6NO6. The van der Waals surface area contributed by atoms with Gasteiger partial charge in [0.2, 0.25) is 11.4 Å². The van der Waals surface area contributed by atoms with Gasteiger partial charge >= 0.3 is 24.3 Å². The quantitative estimate of drug-likeness (QED) is 0.420. The third-order valence-corrected chi connectivity index (χ3v) is 4.29. The Morgan fingerprint density at radius 3 is 1.90 bits per heavy atom. The van der Waals surface area contributed by atoms with Gasteiger partial charge in [-0.3, -0.25) is 4.79 Å². The topological polar surface area (TPSA) is 105 Å². The van der Waals surface area contributed by atoms with Gasteiger partial charge < -0.3 is 19.7 Å². The number of hydrogen-bond acceptors (Lipinski definition) is 7. The highest BCUT2D eigenvalue weighted by molar-refractivity contribution is 5.94. The summed E-state index contributed by atoms with van der Waals surface area (Å²) in [6.07, 6.45) is -12.5. The van der Waals surface area contributed by atoms with E-state index in [1.807, 2.05) is 0 Å². The van der Waals surface area contributed by atoms with Crippen LogP contribution in [-0.2, 0) is 19.1 Å². The van der Waals surface area contributed by atoms with Crippen LogP contribution in [0.25, 0.3) is 0 Å². The first-order valence-electron chi connectivity index (χ1n) is 8.92. The number of alkyl halides is 6. The highest BCUT2D eigenvalue weighted by Gasteiger charge is 2.74. The third kappa shape index (κ3) is 4.57. The number of ether oxygens (including phenoxy) is 2. The average Bonchev–Trinajstić information content (AvgIpc) is 2.52. The second-order valence-corrected chi connectivity index (χ2v) is 7.00. The van der Waals surface area contributed by atoms with E-state index in [-0.39, 0.29) is 0 Å². The monoisotopic (exact) mass is 451 g/mol. The maximum Gasteiger partial charge on any atom is 0.436 e. The Morgan fingerprint density at radius 1 is 1.03 bits per heavy atom. The predicted octanol–water partition coefficient (Wildman–Crippen LogP) is 2.18. The predicted molar refractivity (Wildman–Crippen MR) is 88.4 cm³/mol. The Morgan fingerprint density at radius 2 is 1.53 bits per heavy atom. The fourth-order valence-corrected chi connectivity index (χ4v) is 3.17. The number of halogens is 6. The van der Waals surface area contributed by atoms with Gasteiger partial charge in [0.05, 0.1) is 18.8 Å². The van der Waals surface area contributed by atoms with Crippen LogP contribution < -0.4 is 5.32 Å². The van der Waals surface area contributed by atoms with Crippen molar-refractivity contribution in [3.05, 3.63) is 11.1 Å². The lowest BCUT2D eigenvalue weighted by atomic mass is 9.73. The molecule has 3 atom stereocenters. The van der Waals surface area contributed by atoms with Gasteiger partial charge in [0.25, 0.3) is 0 Å². The minimum Gasteiger partial charge on any atom is -0.465 e. The van der Waals surface area contributed by atoms with Crippen LogP contribution in [0.2, 0.25) is 0 Å². The van der Waals surface area contributed by atoms with E-state index in [9.17, 15) is 46.1 Å². The second kappa shape index (κ2) is 8.71. The van der Waals surface area contributed by atoms with E-state index in [0.717, 1.165) is 0 Å². The van der Waals surface area contributed by atoms with E-state index in [4.69, 9.17) is 0 Å². The van der Waals surface area contributed by atoms with E-state index < -0.39 is 78.4 Å². The molecule has 7 nitrogen and oxygen atoms in total. The van der Waals surface area contributed by atoms with Crippen LogP contribution in [0.1, 0.15) is 34.1 Å². The lowest BCUT2D eigenvalue weighted by Crippen LogP contribution is -2.77. The van der Waals surface area contributed by atoms with Crippen molar-refractivity contribution in [3.63, 3.8) is 0 Å². The van der Waals surface area contributed by atoms with Crippen LogP contribution in [0.3, 0.4) is 0 Å². The molecule has 0 aromatic rings. The smallest absolute Gasteiger partial charge is 0.436 e. The molecule has 0 fully saturated rings. The molecule has 30 heavy (non-hydrogen) atoms. The molecule has 0 amide bonds. The van der Waals surface area contributed by atoms with Crippen molar-refractivity contribution in [3.8, 4) is 0 Å². The molecule has 0 saturated carbocycles. The van der Waals surface area contributed by atoms with Crippen molar-refractivity contribution in [2.24, 2.45) is 11.8 Å². The largest absolute Gasteiger partial charge is 0.465 e. The van der Waals surface area contributed by atoms with Gasteiger partial charge in [0.15, 0.2) is 0 Å². The molecule has 1 aliphatic heterocycles. The molecule has 174 valence electrons. The number of nitrogens with one attached hydrogen (secondary N) is 1. The fraction of sp³-hybridized carbons (Fsp3) is 0.765. The number of hydrogen-bond donors (Lipinski definition) is 3. The second-order valence-electron chi connectivity index (χ2n) is 7.00. The molecule has 1 aliphatic rings. The first-order chi connectivity index (χ1) is 13.5. The Kier molecular flexibility index (Phi) is 7.60. The van der Waals surface area contributed by atoms with Crippen molar-refractivity contribution in [2.45, 2.75) is 57.9 Å². The van der Waals surface area contributed by atoms with E-state index in [1.54, 1.807) is 0 Å². The Labute approximate surface area is 168 Å². The highest BCUT2D eigenvalue weighted by atomic mass is 19.4. The summed E-state index contributed by atoms with van der Waals surface area (Å²) < 4.78 is 91.6. The lowest BCUT2D eigenvalue weighted by molar-refractivity contribution is -0.340. The minimum absolute atomic E-state index is 0.462. The summed E-state index contributed by atoms with van der Waals surface area (Å²) in [5.74, 6) is -7.01. The molecule has 0 aromatic heterocycles. The van der Waals surface area contributed by atoms with Crippen LogP contribution >= 0.6 is 0 Å². The van der Waals surface area contributed by atoms with Gasteiger partial charge in [0.1, 0.15) is 5.92 Å². The zero-order chi connectivity index (χ0) is 23.7. The molecule has 1 rings (SSSR count). The number of aliphatic hydroxyl groups is 2. The standard InChI is InChI=1S/C17H23F6NO6/c1-5-29-12(25)10-9(7-8(3)4)11(13(26)30-6-2)15(28,17(21,22)23)24-14(10,27)16(18,19)20/h8,10,24,27-28H,5-7H2,1-4H3. The molecular weight excluding hydrogens is 428 g/mol.